The highest BCUT2D eigenvalue weighted by molar-refractivity contribution is 7.13. The van der Waals surface area contributed by atoms with Gasteiger partial charge in [0.15, 0.2) is 10.8 Å². The number of thiazole rings is 1. The molecule has 0 saturated carbocycles. The Balaban J connectivity index is 1.31. The number of amides is 2. The van der Waals surface area contributed by atoms with Gasteiger partial charge in [-0.3, -0.25) is 9.59 Å². The number of rotatable bonds is 7. The molecule has 0 unspecified atom stereocenters. The average Bonchev–Trinajstić information content (AvgIpc) is 3.45. The number of nitrogens with one attached hydrogen (secondary N) is 2. The first-order valence-corrected chi connectivity index (χ1v) is 10.4. The lowest BCUT2D eigenvalue weighted by Crippen LogP contribution is -2.24. The van der Waals surface area contributed by atoms with Gasteiger partial charge < -0.3 is 15.1 Å². The molecule has 0 aliphatic rings. The van der Waals surface area contributed by atoms with Crippen molar-refractivity contribution in [2.24, 2.45) is 0 Å². The quantitative estimate of drug-likeness (QED) is 0.442. The summed E-state index contributed by atoms with van der Waals surface area (Å²) in [6.45, 7) is 0.314. The van der Waals surface area contributed by atoms with E-state index in [1.54, 1.807) is 30.5 Å². The van der Waals surface area contributed by atoms with Gasteiger partial charge in [0, 0.05) is 23.2 Å². The van der Waals surface area contributed by atoms with E-state index >= 15 is 0 Å². The van der Waals surface area contributed by atoms with Crippen LogP contribution in [-0.2, 0) is 17.8 Å². The first-order chi connectivity index (χ1) is 15.1. The number of nitrogens with zero attached hydrogens (tertiary/aromatic N) is 1. The zero-order valence-corrected chi connectivity index (χ0v) is 17.1. The lowest BCUT2D eigenvalue weighted by molar-refractivity contribution is -0.120. The van der Waals surface area contributed by atoms with Crippen LogP contribution in [0.15, 0.2) is 76.7 Å². The molecular formula is C23H18FN3O3S. The number of furan rings is 1. The highest BCUT2D eigenvalue weighted by Crippen LogP contribution is 2.24. The number of carbonyl (C=O) groups excluding carboxylic acids is 2. The Labute approximate surface area is 181 Å². The summed E-state index contributed by atoms with van der Waals surface area (Å²) in [5, 5.41) is 8.20. The van der Waals surface area contributed by atoms with E-state index in [1.807, 2.05) is 17.5 Å². The SMILES string of the molecule is O=C(Cc1csc(-c2ccco2)n1)NCc1cccc(NC(=O)c2ccc(F)cc2)c1. The molecule has 2 aromatic heterocycles. The van der Waals surface area contributed by atoms with Gasteiger partial charge in [-0.05, 0) is 54.1 Å². The lowest BCUT2D eigenvalue weighted by atomic mass is 10.1. The van der Waals surface area contributed by atoms with Crippen molar-refractivity contribution in [1.82, 2.24) is 10.3 Å². The van der Waals surface area contributed by atoms with Crippen LogP contribution in [0.2, 0.25) is 0 Å². The van der Waals surface area contributed by atoms with E-state index in [9.17, 15) is 14.0 Å². The lowest BCUT2D eigenvalue weighted by Gasteiger charge is -2.09. The van der Waals surface area contributed by atoms with Crippen molar-refractivity contribution >= 4 is 28.8 Å². The summed E-state index contributed by atoms with van der Waals surface area (Å²) < 4.78 is 18.3. The van der Waals surface area contributed by atoms with Crippen molar-refractivity contribution < 1.29 is 18.4 Å². The molecule has 2 heterocycles. The Hall–Kier alpha value is -3.78. The molecule has 0 atom stereocenters. The van der Waals surface area contributed by atoms with Crippen LogP contribution in [-0.4, -0.2) is 16.8 Å². The maximum atomic E-state index is 13.0. The minimum absolute atomic E-state index is 0.156. The molecule has 0 aliphatic heterocycles. The molecule has 2 aromatic carbocycles. The molecule has 4 aromatic rings. The van der Waals surface area contributed by atoms with Crippen LogP contribution in [0.25, 0.3) is 10.8 Å². The third-order valence-electron chi connectivity index (χ3n) is 4.41. The van der Waals surface area contributed by atoms with Gasteiger partial charge in [0.2, 0.25) is 5.91 Å². The largest absolute Gasteiger partial charge is 0.462 e. The fourth-order valence-electron chi connectivity index (χ4n) is 2.89. The van der Waals surface area contributed by atoms with E-state index in [4.69, 9.17) is 4.42 Å². The molecule has 4 rings (SSSR count). The van der Waals surface area contributed by atoms with Crippen molar-refractivity contribution in [3.8, 4) is 10.8 Å². The maximum absolute atomic E-state index is 13.0. The number of hydrogen-bond donors (Lipinski definition) is 2. The second-order valence-electron chi connectivity index (χ2n) is 6.74. The Bertz CT molecular complexity index is 1190. The Morgan fingerprint density at radius 2 is 1.90 bits per heavy atom. The number of carbonyl (C=O) groups is 2. The van der Waals surface area contributed by atoms with E-state index in [0.717, 1.165) is 10.6 Å². The molecule has 0 aliphatic carbocycles. The highest BCUT2D eigenvalue weighted by Gasteiger charge is 2.11. The number of hydrogen-bond acceptors (Lipinski definition) is 5. The zero-order valence-electron chi connectivity index (χ0n) is 16.3. The summed E-state index contributed by atoms with van der Waals surface area (Å²) in [7, 11) is 0. The predicted octanol–water partition coefficient (Wildman–Crippen LogP) is 4.65. The van der Waals surface area contributed by atoms with Gasteiger partial charge in [0.1, 0.15) is 5.82 Å². The van der Waals surface area contributed by atoms with Crippen molar-refractivity contribution in [2.45, 2.75) is 13.0 Å². The van der Waals surface area contributed by atoms with Gasteiger partial charge in [-0.2, -0.15) is 0 Å². The second-order valence-corrected chi connectivity index (χ2v) is 7.59. The highest BCUT2D eigenvalue weighted by atomic mass is 32.1. The fourth-order valence-corrected chi connectivity index (χ4v) is 3.68. The van der Waals surface area contributed by atoms with Crippen LogP contribution >= 0.6 is 11.3 Å². The molecule has 0 radical (unpaired) electrons. The summed E-state index contributed by atoms with van der Waals surface area (Å²) in [5.74, 6) is -0.214. The van der Waals surface area contributed by atoms with E-state index in [-0.39, 0.29) is 18.2 Å². The third-order valence-corrected chi connectivity index (χ3v) is 5.31. The molecule has 156 valence electrons. The molecular weight excluding hydrogens is 417 g/mol. The zero-order chi connectivity index (χ0) is 21.6. The van der Waals surface area contributed by atoms with E-state index in [2.05, 4.69) is 15.6 Å². The van der Waals surface area contributed by atoms with Gasteiger partial charge in [-0.15, -0.1) is 11.3 Å². The number of benzene rings is 2. The molecule has 2 N–H and O–H groups in total. The first-order valence-electron chi connectivity index (χ1n) is 9.48. The van der Waals surface area contributed by atoms with Gasteiger partial charge >= 0.3 is 0 Å². The van der Waals surface area contributed by atoms with Crippen LogP contribution in [0.5, 0.6) is 0 Å². The molecule has 0 spiro atoms. The average molecular weight is 435 g/mol. The fraction of sp³-hybridized carbons (Fsp3) is 0.0870. The summed E-state index contributed by atoms with van der Waals surface area (Å²) in [6, 6.07) is 16.1. The third kappa shape index (κ3) is 5.43. The predicted molar refractivity (Wildman–Crippen MR) is 116 cm³/mol. The van der Waals surface area contributed by atoms with Gasteiger partial charge in [-0.1, -0.05) is 12.1 Å². The van der Waals surface area contributed by atoms with Gasteiger partial charge in [0.25, 0.3) is 5.91 Å². The molecule has 31 heavy (non-hydrogen) atoms. The van der Waals surface area contributed by atoms with Crippen LogP contribution < -0.4 is 10.6 Å². The summed E-state index contributed by atoms with van der Waals surface area (Å²) in [4.78, 5) is 29.0. The minimum atomic E-state index is -0.399. The van der Waals surface area contributed by atoms with Crippen molar-refractivity contribution in [1.29, 1.82) is 0 Å². The molecule has 0 fully saturated rings. The van der Waals surface area contributed by atoms with Gasteiger partial charge in [0.05, 0.1) is 18.4 Å². The van der Waals surface area contributed by atoms with Crippen LogP contribution in [0.3, 0.4) is 0 Å². The molecule has 0 saturated heterocycles. The Morgan fingerprint density at radius 3 is 2.68 bits per heavy atom. The number of halogens is 1. The van der Waals surface area contributed by atoms with Crippen LogP contribution in [0, 0.1) is 5.82 Å². The maximum Gasteiger partial charge on any atom is 0.255 e. The van der Waals surface area contributed by atoms with Crippen molar-refractivity contribution in [2.75, 3.05) is 5.32 Å². The Morgan fingerprint density at radius 1 is 1.06 bits per heavy atom. The summed E-state index contributed by atoms with van der Waals surface area (Å²) in [6.07, 6.45) is 1.75. The minimum Gasteiger partial charge on any atom is -0.462 e. The number of aromatic nitrogens is 1. The number of anilines is 1. The topological polar surface area (TPSA) is 84.2 Å². The normalized spacial score (nSPS) is 10.6. The van der Waals surface area contributed by atoms with E-state index < -0.39 is 5.82 Å². The van der Waals surface area contributed by atoms with Crippen LogP contribution in [0.1, 0.15) is 21.6 Å². The van der Waals surface area contributed by atoms with Crippen molar-refractivity contribution in [3.63, 3.8) is 0 Å². The molecule has 0 bridgehead atoms. The molecule has 6 nitrogen and oxygen atoms in total. The summed E-state index contributed by atoms with van der Waals surface area (Å²) in [5.41, 5.74) is 2.45. The van der Waals surface area contributed by atoms with Crippen molar-refractivity contribution in [3.05, 3.63) is 94.9 Å². The van der Waals surface area contributed by atoms with Gasteiger partial charge in [-0.25, -0.2) is 9.37 Å². The monoisotopic (exact) mass is 435 g/mol. The smallest absolute Gasteiger partial charge is 0.255 e. The standard InChI is InChI=1S/C23H18FN3O3S/c24-17-8-6-16(7-9-17)22(29)26-18-4-1-3-15(11-18)13-25-21(28)12-19-14-31-23(27-19)20-5-2-10-30-20/h1-11,14H,12-13H2,(H,25,28)(H,26,29). The summed E-state index contributed by atoms with van der Waals surface area (Å²) >= 11 is 1.42. The first kappa shape index (κ1) is 20.5. The second kappa shape index (κ2) is 9.36. The van der Waals surface area contributed by atoms with Crippen LogP contribution in [0.4, 0.5) is 10.1 Å². The van der Waals surface area contributed by atoms with E-state index in [0.29, 0.717) is 29.2 Å². The van der Waals surface area contributed by atoms with E-state index in [1.165, 1.54) is 35.6 Å². The molecule has 2 amide bonds. The Kier molecular flexibility index (Phi) is 6.18. The molecule has 8 heteroatoms.